The number of pyridine rings is 2. The molecule has 0 bridgehead atoms. The van der Waals surface area contributed by atoms with Gasteiger partial charge in [0.05, 0.1) is 0 Å². The number of amides is 1. The molecule has 1 aromatic carbocycles. The third kappa shape index (κ3) is 6.66. The van der Waals surface area contributed by atoms with Gasteiger partial charge in [0.15, 0.2) is 5.78 Å². The number of nitrogens with zero attached hydrogens (tertiary/aromatic N) is 4. The zero-order valence-electron chi connectivity index (χ0n) is 21.3. The van der Waals surface area contributed by atoms with Gasteiger partial charge in [-0.1, -0.05) is 6.07 Å². The van der Waals surface area contributed by atoms with Gasteiger partial charge in [0.2, 0.25) is 0 Å². The normalized spacial score (nSPS) is 14.4. The lowest BCUT2D eigenvalue weighted by atomic mass is 9.97. The first kappa shape index (κ1) is 25.3. The van der Waals surface area contributed by atoms with Gasteiger partial charge in [0.25, 0.3) is 0 Å². The molecule has 1 aliphatic heterocycles. The van der Waals surface area contributed by atoms with Crippen molar-refractivity contribution in [2.24, 2.45) is 0 Å². The molecule has 2 aromatic heterocycles. The molecule has 188 valence electrons. The van der Waals surface area contributed by atoms with Crippen LogP contribution in [-0.2, 0) is 11.2 Å². The molecule has 0 spiro atoms. The van der Waals surface area contributed by atoms with E-state index in [0.29, 0.717) is 16.8 Å². The molecule has 0 aliphatic carbocycles. The maximum absolute atomic E-state index is 13.2. The van der Waals surface area contributed by atoms with Crippen molar-refractivity contribution in [3.05, 3.63) is 72.2 Å². The van der Waals surface area contributed by atoms with Crippen LogP contribution in [0, 0.1) is 0 Å². The monoisotopic (exact) mass is 487 g/mol. The second-order valence-electron chi connectivity index (χ2n) is 10.0. The van der Waals surface area contributed by atoms with Gasteiger partial charge < -0.3 is 14.5 Å². The molecule has 1 saturated heterocycles. The lowest BCUT2D eigenvalue weighted by Crippen LogP contribution is -2.44. The van der Waals surface area contributed by atoms with Crippen LogP contribution < -0.4 is 10.2 Å². The smallest absolute Gasteiger partial charge is 0.412 e. The highest BCUT2D eigenvalue weighted by Crippen LogP contribution is 2.27. The maximum Gasteiger partial charge on any atom is 0.412 e. The third-order valence-electron chi connectivity index (χ3n) is 6.00. The standard InChI is InChI=1S/C28H33N5O3/c1-28(2,3)36-27(35)31-24-7-5-21(20-9-11-29-12-10-20)17-23(24)18-25(34)22-6-8-26(30-19-22)33-15-13-32(4)14-16-33/h5-12,17,19H,13-16,18H2,1-4H3,(H,31,35). The van der Waals surface area contributed by atoms with Crippen LogP contribution >= 0.6 is 0 Å². The predicted molar refractivity (Wildman–Crippen MR) is 142 cm³/mol. The average molecular weight is 488 g/mol. The second kappa shape index (κ2) is 10.9. The number of carbonyl (C=O) groups excluding carboxylic acids is 2. The van der Waals surface area contributed by atoms with Crippen LogP contribution in [0.2, 0.25) is 0 Å². The fourth-order valence-corrected chi connectivity index (χ4v) is 4.05. The molecular weight excluding hydrogens is 454 g/mol. The summed E-state index contributed by atoms with van der Waals surface area (Å²) in [6.45, 7) is 9.23. The number of nitrogens with one attached hydrogen (secondary N) is 1. The van der Waals surface area contributed by atoms with Crippen LogP contribution in [0.5, 0.6) is 0 Å². The number of likely N-dealkylation sites (N-methyl/N-ethyl adjacent to an activating group) is 1. The number of aromatic nitrogens is 2. The van der Waals surface area contributed by atoms with Crippen LogP contribution in [0.15, 0.2) is 61.1 Å². The SMILES string of the molecule is CN1CCN(c2ccc(C(=O)Cc3cc(-c4ccncc4)ccc3NC(=O)OC(C)(C)C)cn2)CC1. The summed E-state index contributed by atoms with van der Waals surface area (Å²) in [5.41, 5.74) is 3.04. The first-order valence-corrected chi connectivity index (χ1v) is 12.1. The molecule has 1 N–H and O–H groups in total. The number of anilines is 2. The van der Waals surface area contributed by atoms with Crippen molar-refractivity contribution in [3.8, 4) is 11.1 Å². The largest absolute Gasteiger partial charge is 0.444 e. The Morgan fingerprint density at radius 2 is 1.69 bits per heavy atom. The molecule has 3 aromatic rings. The van der Waals surface area contributed by atoms with E-state index in [-0.39, 0.29) is 12.2 Å². The molecule has 0 radical (unpaired) electrons. The second-order valence-corrected chi connectivity index (χ2v) is 10.0. The number of ketones is 1. The Balaban J connectivity index is 1.55. The van der Waals surface area contributed by atoms with Crippen LogP contribution in [0.3, 0.4) is 0 Å². The number of Topliss-reactive ketones (excluding diaryl/α,β-unsaturated/α-hetero) is 1. The van der Waals surface area contributed by atoms with Crippen molar-refractivity contribution in [1.29, 1.82) is 0 Å². The summed E-state index contributed by atoms with van der Waals surface area (Å²) in [5.74, 6) is 0.804. The van der Waals surface area contributed by atoms with Crippen LogP contribution in [0.25, 0.3) is 11.1 Å². The third-order valence-corrected chi connectivity index (χ3v) is 6.00. The predicted octanol–water partition coefficient (Wildman–Crippen LogP) is 4.67. The minimum atomic E-state index is -0.631. The van der Waals surface area contributed by atoms with Gasteiger partial charge in [-0.15, -0.1) is 0 Å². The summed E-state index contributed by atoms with van der Waals surface area (Å²) in [6, 6.07) is 13.2. The first-order chi connectivity index (χ1) is 17.2. The van der Waals surface area contributed by atoms with Gasteiger partial charge >= 0.3 is 6.09 Å². The van der Waals surface area contributed by atoms with E-state index in [9.17, 15) is 9.59 Å². The summed E-state index contributed by atoms with van der Waals surface area (Å²) >= 11 is 0. The van der Waals surface area contributed by atoms with Crippen LogP contribution in [0.4, 0.5) is 16.3 Å². The van der Waals surface area contributed by atoms with Crippen molar-refractivity contribution in [3.63, 3.8) is 0 Å². The Labute approximate surface area is 212 Å². The molecule has 8 heteroatoms. The highest BCUT2D eigenvalue weighted by molar-refractivity contribution is 5.99. The van der Waals surface area contributed by atoms with Crippen LogP contribution in [0.1, 0.15) is 36.7 Å². The van der Waals surface area contributed by atoms with E-state index in [1.54, 1.807) is 24.7 Å². The van der Waals surface area contributed by atoms with Gasteiger partial charge in [-0.25, -0.2) is 9.78 Å². The van der Waals surface area contributed by atoms with E-state index in [1.807, 2.05) is 57.2 Å². The molecule has 0 atom stereocenters. The summed E-state index contributed by atoms with van der Waals surface area (Å²) in [4.78, 5) is 38.9. The van der Waals surface area contributed by atoms with Crippen LogP contribution in [-0.4, -0.2) is 65.6 Å². The molecule has 1 aliphatic rings. The van der Waals surface area contributed by atoms with E-state index < -0.39 is 11.7 Å². The molecule has 1 fully saturated rings. The molecule has 0 unspecified atom stereocenters. The summed E-state index contributed by atoms with van der Waals surface area (Å²) in [7, 11) is 2.11. The van der Waals surface area contributed by atoms with Gasteiger partial charge in [0, 0.05) is 62.4 Å². The fourth-order valence-electron chi connectivity index (χ4n) is 4.05. The zero-order valence-corrected chi connectivity index (χ0v) is 21.3. The van der Waals surface area contributed by atoms with E-state index in [2.05, 4.69) is 32.1 Å². The minimum Gasteiger partial charge on any atom is -0.444 e. The Morgan fingerprint density at radius 3 is 2.33 bits per heavy atom. The number of hydrogen-bond donors (Lipinski definition) is 1. The zero-order chi connectivity index (χ0) is 25.7. The van der Waals surface area contributed by atoms with Crippen molar-refractivity contribution in [2.75, 3.05) is 43.4 Å². The van der Waals surface area contributed by atoms with E-state index in [1.165, 1.54) is 0 Å². The van der Waals surface area contributed by atoms with Crippen molar-refractivity contribution < 1.29 is 14.3 Å². The number of hydrogen-bond acceptors (Lipinski definition) is 7. The number of rotatable bonds is 6. The van der Waals surface area contributed by atoms with Crippen molar-refractivity contribution in [1.82, 2.24) is 14.9 Å². The molecule has 8 nitrogen and oxygen atoms in total. The Kier molecular flexibility index (Phi) is 7.64. The molecule has 0 saturated carbocycles. The van der Waals surface area contributed by atoms with Crippen molar-refractivity contribution in [2.45, 2.75) is 32.8 Å². The molecule has 36 heavy (non-hydrogen) atoms. The van der Waals surface area contributed by atoms with E-state index in [0.717, 1.165) is 43.1 Å². The van der Waals surface area contributed by atoms with Gasteiger partial charge in [-0.3, -0.25) is 15.1 Å². The quantitative estimate of drug-likeness (QED) is 0.506. The number of carbonyl (C=O) groups is 2. The minimum absolute atomic E-state index is 0.0773. The number of ether oxygens (including phenoxy) is 1. The van der Waals surface area contributed by atoms with Gasteiger partial charge in [0.1, 0.15) is 11.4 Å². The maximum atomic E-state index is 13.2. The summed E-state index contributed by atoms with van der Waals surface area (Å²) < 4.78 is 5.42. The van der Waals surface area contributed by atoms with E-state index in [4.69, 9.17) is 4.74 Å². The van der Waals surface area contributed by atoms with Gasteiger partial charge in [-0.05, 0) is 80.9 Å². The van der Waals surface area contributed by atoms with Gasteiger partial charge in [-0.2, -0.15) is 0 Å². The number of piperazine rings is 1. The Hall–Kier alpha value is -3.78. The number of benzene rings is 1. The summed E-state index contributed by atoms with van der Waals surface area (Å²) in [6.07, 6.45) is 4.64. The lowest BCUT2D eigenvalue weighted by molar-refractivity contribution is 0.0635. The molecule has 4 rings (SSSR count). The molecular formula is C28H33N5O3. The molecule has 3 heterocycles. The Morgan fingerprint density at radius 1 is 0.972 bits per heavy atom. The molecule has 1 amide bonds. The topological polar surface area (TPSA) is 87.7 Å². The summed E-state index contributed by atoms with van der Waals surface area (Å²) in [5, 5.41) is 2.81. The van der Waals surface area contributed by atoms with E-state index >= 15 is 0 Å². The first-order valence-electron chi connectivity index (χ1n) is 12.1. The lowest BCUT2D eigenvalue weighted by Gasteiger charge is -2.33. The highest BCUT2D eigenvalue weighted by Gasteiger charge is 2.20. The van der Waals surface area contributed by atoms with Crippen molar-refractivity contribution >= 4 is 23.4 Å². The fraction of sp³-hybridized carbons (Fsp3) is 0.357. The Bertz CT molecular complexity index is 1200. The highest BCUT2D eigenvalue weighted by atomic mass is 16.6. The average Bonchev–Trinajstić information content (AvgIpc) is 2.85.